The third-order valence-corrected chi connectivity index (χ3v) is 5.05. The van der Waals surface area contributed by atoms with E-state index in [0.29, 0.717) is 33.9 Å². The Balaban J connectivity index is 1.29. The molecule has 174 valence electrons. The van der Waals surface area contributed by atoms with E-state index in [9.17, 15) is 14.9 Å². The van der Waals surface area contributed by atoms with Crippen molar-refractivity contribution in [1.29, 1.82) is 0 Å². The van der Waals surface area contributed by atoms with Gasteiger partial charge in [0, 0.05) is 17.7 Å². The number of furan rings is 1. The quantitative estimate of drug-likeness (QED) is 0.204. The molecule has 3 N–H and O–H groups in total. The number of nitro groups is 1. The number of non-ortho nitro benzene ring substituents is 1. The van der Waals surface area contributed by atoms with Crippen LogP contribution >= 0.6 is 0 Å². The maximum Gasteiger partial charge on any atom is 0.269 e. The van der Waals surface area contributed by atoms with Crippen molar-refractivity contribution >= 4 is 34.7 Å². The molecule has 0 radical (unpaired) electrons. The fraction of sp³-hybridized carbons (Fsp3) is 0.0455. The number of anilines is 1. The minimum Gasteiger partial charge on any atom is -0.455 e. The molecule has 0 fully saturated rings. The maximum atomic E-state index is 12.6. The van der Waals surface area contributed by atoms with Crippen LogP contribution in [0.2, 0.25) is 0 Å². The number of nitrogens with one attached hydrogen (secondary N) is 1. The summed E-state index contributed by atoms with van der Waals surface area (Å²) in [6, 6.07) is 16.6. The lowest BCUT2D eigenvalue weighted by molar-refractivity contribution is -0.384. The summed E-state index contributed by atoms with van der Waals surface area (Å²) >= 11 is 0. The largest absolute Gasteiger partial charge is 0.455 e. The number of hydrogen-bond donors (Lipinski definition) is 2. The summed E-state index contributed by atoms with van der Waals surface area (Å²) in [6.07, 6.45) is 1.35. The number of hydrazone groups is 1. The Morgan fingerprint density at radius 2 is 1.94 bits per heavy atom. The molecule has 2 aromatic carbocycles. The molecule has 3 heterocycles. The van der Waals surface area contributed by atoms with Gasteiger partial charge in [-0.3, -0.25) is 14.9 Å². The molecule has 13 heteroatoms. The first-order chi connectivity index (χ1) is 17.0. The SMILES string of the molecule is Nc1nonc1-c1nc2ccccc2n1CC(=O)NN=Cc1ccc(-c2ccc([N+](=O)[O-])cc2)o1. The molecule has 0 atom stereocenters. The number of amides is 1. The summed E-state index contributed by atoms with van der Waals surface area (Å²) < 4.78 is 12.0. The number of nitrogen functional groups attached to an aromatic ring is 1. The zero-order chi connectivity index (χ0) is 24.4. The van der Waals surface area contributed by atoms with E-state index < -0.39 is 10.8 Å². The highest BCUT2D eigenvalue weighted by Crippen LogP contribution is 2.26. The second kappa shape index (κ2) is 8.90. The number of imidazole rings is 1. The molecule has 0 spiro atoms. The van der Waals surface area contributed by atoms with E-state index in [1.165, 1.54) is 18.3 Å². The van der Waals surface area contributed by atoms with Crippen LogP contribution in [0.5, 0.6) is 0 Å². The van der Waals surface area contributed by atoms with E-state index in [0.717, 1.165) is 0 Å². The van der Waals surface area contributed by atoms with Crippen molar-refractivity contribution in [3.8, 4) is 22.8 Å². The fourth-order valence-corrected chi connectivity index (χ4v) is 3.44. The first-order valence-corrected chi connectivity index (χ1v) is 10.2. The maximum absolute atomic E-state index is 12.6. The summed E-state index contributed by atoms with van der Waals surface area (Å²) in [7, 11) is 0. The minimum atomic E-state index is -0.472. The van der Waals surface area contributed by atoms with E-state index in [2.05, 4.69) is 30.5 Å². The van der Waals surface area contributed by atoms with Crippen LogP contribution in [0.3, 0.4) is 0 Å². The second-order valence-corrected chi connectivity index (χ2v) is 7.31. The van der Waals surface area contributed by atoms with Crippen molar-refractivity contribution in [3.05, 3.63) is 76.5 Å². The van der Waals surface area contributed by atoms with Gasteiger partial charge in [-0.1, -0.05) is 12.1 Å². The van der Waals surface area contributed by atoms with E-state index in [4.69, 9.17) is 10.2 Å². The first kappa shape index (κ1) is 21.5. The smallest absolute Gasteiger partial charge is 0.269 e. The van der Waals surface area contributed by atoms with Crippen molar-refractivity contribution in [2.75, 3.05) is 5.73 Å². The molecule has 0 bridgehead atoms. The molecule has 5 aromatic rings. The Morgan fingerprint density at radius 3 is 2.69 bits per heavy atom. The van der Waals surface area contributed by atoms with Crippen LogP contribution in [0.1, 0.15) is 5.76 Å². The van der Waals surface area contributed by atoms with E-state index in [-0.39, 0.29) is 23.7 Å². The lowest BCUT2D eigenvalue weighted by Crippen LogP contribution is -2.23. The van der Waals surface area contributed by atoms with Crippen LogP contribution in [-0.4, -0.2) is 36.9 Å². The standard InChI is InChI=1S/C22H16N8O5/c23-21-20(27-35-28-21)22-25-16-3-1-2-4-17(16)29(22)12-19(31)26-24-11-15-9-10-18(34-15)13-5-7-14(8-6-13)30(32)33/h1-11H,12H2,(H2,23,28)(H,26,31). The van der Waals surface area contributed by atoms with Crippen LogP contribution in [-0.2, 0) is 11.3 Å². The highest BCUT2D eigenvalue weighted by Gasteiger charge is 2.20. The summed E-state index contributed by atoms with van der Waals surface area (Å²) in [5.74, 6) is 0.849. The van der Waals surface area contributed by atoms with Gasteiger partial charge in [0.05, 0.1) is 22.2 Å². The number of nitrogens with two attached hydrogens (primary N) is 1. The summed E-state index contributed by atoms with van der Waals surface area (Å²) in [4.78, 5) is 27.4. The number of rotatable bonds is 7. The topological polar surface area (TPSA) is 180 Å². The van der Waals surface area contributed by atoms with Crippen LogP contribution < -0.4 is 11.2 Å². The van der Waals surface area contributed by atoms with Gasteiger partial charge in [-0.25, -0.2) is 15.0 Å². The Morgan fingerprint density at radius 1 is 1.14 bits per heavy atom. The highest BCUT2D eigenvalue weighted by atomic mass is 16.6. The van der Waals surface area contributed by atoms with Crippen LogP contribution in [0, 0.1) is 10.1 Å². The van der Waals surface area contributed by atoms with Crippen molar-refractivity contribution < 1.29 is 18.8 Å². The van der Waals surface area contributed by atoms with Gasteiger partial charge in [0.1, 0.15) is 18.1 Å². The van der Waals surface area contributed by atoms with Gasteiger partial charge in [-0.2, -0.15) is 5.10 Å². The number of nitrogens with zero attached hydrogens (tertiary/aromatic N) is 6. The summed E-state index contributed by atoms with van der Waals surface area (Å²) in [5, 5.41) is 22.1. The number of fused-ring (bicyclic) bond motifs is 1. The van der Waals surface area contributed by atoms with Crippen molar-refractivity contribution in [2.24, 2.45) is 5.10 Å². The molecule has 0 unspecified atom stereocenters. The normalized spacial score (nSPS) is 11.3. The molecular weight excluding hydrogens is 456 g/mol. The number of hydrogen-bond acceptors (Lipinski definition) is 10. The number of para-hydroxylation sites is 2. The number of nitro benzene ring substituents is 1. The van der Waals surface area contributed by atoms with Gasteiger partial charge in [0.2, 0.25) is 0 Å². The Bertz CT molecular complexity index is 1560. The lowest BCUT2D eigenvalue weighted by Gasteiger charge is -2.06. The van der Waals surface area contributed by atoms with Crippen LogP contribution in [0.25, 0.3) is 33.9 Å². The predicted molar refractivity (Wildman–Crippen MR) is 124 cm³/mol. The number of carbonyl (C=O) groups excluding carboxylic acids is 1. The molecular formula is C22H16N8O5. The number of carbonyl (C=O) groups is 1. The number of benzene rings is 2. The van der Waals surface area contributed by atoms with Crippen molar-refractivity contribution in [3.63, 3.8) is 0 Å². The molecule has 0 aliphatic carbocycles. The van der Waals surface area contributed by atoms with Gasteiger partial charge in [0.25, 0.3) is 11.6 Å². The molecule has 0 saturated carbocycles. The lowest BCUT2D eigenvalue weighted by atomic mass is 10.1. The Kier molecular flexibility index (Phi) is 5.47. The minimum absolute atomic E-state index is 0.0128. The van der Waals surface area contributed by atoms with Gasteiger partial charge < -0.3 is 14.7 Å². The molecule has 0 saturated heterocycles. The zero-order valence-electron chi connectivity index (χ0n) is 17.9. The monoisotopic (exact) mass is 472 g/mol. The first-order valence-electron chi connectivity index (χ1n) is 10.2. The van der Waals surface area contributed by atoms with E-state index in [1.54, 1.807) is 34.9 Å². The zero-order valence-corrected chi connectivity index (χ0v) is 17.9. The molecule has 35 heavy (non-hydrogen) atoms. The van der Waals surface area contributed by atoms with Crippen molar-refractivity contribution in [2.45, 2.75) is 6.54 Å². The van der Waals surface area contributed by atoms with Crippen LogP contribution in [0.4, 0.5) is 11.5 Å². The third kappa shape index (κ3) is 4.32. The third-order valence-electron chi connectivity index (χ3n) is 5.05. The van der Waals surface area contributed by atoms with Gasteiger partial charge in [0.15, 0.2) is 17.3 Å². The molecule has 3 aromatic heterocycles. The average Bonchev–Trinajstić information content (AvgIpc) is 3.58. The number of aromatic nitrogens is 4. The highest BCUT2D eigenvalue weighted by molar-refractivity contribution is 5.86. The van der Waals surface area contributed by atoms with Gasteiger partial charge in [-0.05, 0) is 46.7 Å². The Labute approximate surface area is 196 Å². The predicted octanol–water partition coefficient (Wildman–Crippen LogP) is 2.99. The second-order valence-electron chi connectivity index (χ2n) is 7.31. The van der Waals surface area contributed by atoms with Crippen LogP contribution in [0.15, 0.2) is 74.8 Å². The fourth-order valence-electron chi connectivity index (χ4n) is 3.44. The summed E-state index contributed by atoms with van der Waals surface area (Å²) in [6.45, 7) is -0.119. The molecule has 1 amide bonds. The molecule has 5 rings (SSSR count). The van der Waals surface area contributed by atoms with Gasteiger partial charge in [-0.15, -0.1) is 0 Å². The molecule has 0 aliphatic heterocycles. The van der Waals surface area contributed by atoms with E-state index in [1.807, 2.05) is 18.2 Å². The van der Waals surface area contributed by atoms with E-state index >= 15 is 0 Å². The average molecular weight is 472 g/mol. The molecule has 13 nitrogen and oxygen atoms in total. The Hall–Kier alpha value is -5.33. The van der Waals surface area contributed by atoms with Gasteiger partial charge >= 0.3 is 0 Å². The molecule has 0 aliphatic rings. The summed E-state index contributed by atoms with van der Waals surface area (Å²) in [5.41, 5.74) is 10.5. The van der Waals surface area contributed by atoms with Crippen molar-refractivity contribution in [1.82, 2.24) is 25.3 Å².